The number of halogens is 2. The molecule has 2 aromatic rings. The summed E-state index contributed by atoms with van der Waals surface area (Å²) < 4.78 is 18.5. The third-order valence-corrected chi connectivity index (χ3v) is 6.57. The van der Waals surface area contributed by atoms with Crippen molar-refractivity contribution in [1.82, 2.24) is 10.2 Å². The highest BCUT2D eigenvalue weighted by atomic mass is 35.5. The van der Waals surface area contributed by atoms with E-state index in [-0.39, 0.29) is 31.3 Å². The van der Waals surface area contributed by atoms with Gasteiger partial charge >= 0.3 is 5.97 Å². The number of hydrogen-bond donors (Lipinski definition) is 1. The Kier molecular flexibility index (Phi) is 7.38. The second-order valence-corrected chi connectivity index (χ2v) is 9.02. The number of aliphatic imine (C=N–C) groups is 1. The second kappa shape index (κ2) is 10.4. The molecule has 2 aliphatic heterocycles. The molecule has 1 unspecified atom stereocenters. The van der Waals surface area contributed by atoms with Crippen LogP contribution in [0.1, 0.15) is 37.4 Å². The molecule has 0 spiro atoms. The summed E-state index contributed by atoms with van der Waals surface area (Å²) in [5, 5.41) is 6.01. The average Bonchev–Trinajstić information content (AvgIpc) is 3.20. The highest BCUT2D eigenvalue weighted by Crippen LogP contribution is 2.44. The monoisotopic (exact) mass is 499 g/mol. The number of carbonyl (C=O) groups is 2. The van der Waals surface area contributed by atoms with Crippen LogP contribution in [0.4, 0.5) is 4.39 Å². The van der Waals surface area contributed by atoms with Gasteiger partial charge < -0.3 is 15.0 Å². The molecule has 9 heteroatoms. The lowest BCUT2D eigenvalue weighted by Crippen LogP contribution is -2.38. The van der Waals surface area contributed by atoms with E-state index in [4.69, 9.17) is 16.3 Å². The third kappa shape index (κ3) is 5.18. The number of fused-ring (bicyclic) bond motifs is 1. The summed E-state index contributed by atoms with van der Waals surface area (Å²) in [5.41, 5.74) is 3.35. The van der Waals surface area contributed by atoms with Crippen LogP contribution in [0.25, 0.3) is 0 Å². The quantitative estimate of drug-likeness (QED) is 0.522. The van der Waals surface area contributed by atoms with Crippen LogP contribution in [-0.4, -0.2) is 28.6 Å². The number of hydrogen-bond acceptors (Lipinski definition) is 6. The van der Waals surface area contributed by atoms with Crippen molar-refractivity contribution in [1.29, 1.82) is 0 Å². The van der Waals surface area contributed by atoms with Gasteiger partial charge in [-0.25, -0.2) is 14.2 Å². The predicted octanol–water partition coefficient (Wildman–Crippen LogP) is 5.32. The Hall–Kier alpha value is -3.10. The van der Waals surface area contributed by atoms with Gasteiger partial charge in [-0.1, -0.05) is 47.6 Å². The van der Waals surface area contributed by atoms with Crippen molar-refractivity contribution >= 4 is 40.4 Å². The summed E-state index contributed by atoms with van der Waals surface area (Å²) in [6.45, 7) is 4.07. The van der Waals surface area contributed by atoms with Crippen LogP contribution in [0.15, 0.2) is 75.9 Å². The van der Waals surface area contributed by atoms with Crippen LogP contribution >= 0.6 is 23.4 Å². The first-order valence-corrected chi connectivity index (χ1v) is 12.0. The molecule has 0 aromatic heterocycles. The number of amides is 1. The minimum atomic E-state index is -0.505. The molecule has 0 saturated heterocycles. The lowest BCUT2D eigenvalue weighted by Gasteiger charge is -2.36. The van der Waals surface area contributed by atoms with E-state index in [1.807, 2.05) is 22.4 Å². The Bertz CT molecular complexity index is 1190. The molecular formula is C25H23ClFN3O3S. The Morgan fingerprint density at radius 3 is 2.56 bits per heavy atom. The van der Waals surface area contributed by atoms with E-state index < -0.39 is 12.0 Å². The number of thioether (sulfide) groups is 1. The van der Waals surface area contributed by atoms with Gasteiger partial charge in [-0.05, 0) is 54.6 Å². The number of nitrogens with one attached hydrogen (secondary N) is 1. The number of rotatable bonds is 7. The van der Waals surface area contributed by atoms with E-state index in [2.05, 4.69) is 10.3 Å². The number of esters is 1. The molecule has 0 saturated carbocycles. The Balaban J connectivity index is 1.58. The first-order chi connectivity index (χ1) is 16.4. The van der Waals surface area contributed by atoms with Gasteiger partial charge in [0, 0.05) is 17.3 Å². The number of allylic oxidation sites excluding steroid dienone is 1. The highest BCUT2D eigenvalue weighted by molar-refractivity contribution is 8.16. The van der Waals surface area contributed by atoms with Crippen molar-refractivity contribution in [2.45, 2.75) is 32.9 Å². The zero-order valence-corrected chi connectivity index (χ0v) is 20.3. The number of amidine groups is 1. The van der Waals surface area contributed by atoms with Crippen LogP contribution in [0.5, 0.6) is 0 Å². The van der Waals surface area contributed by atoms with Gasteiger partial charge in [-0.2, -0.15) is 0 Å². The van der Waals surface area contributed by atoms with Crippen LogP contribution in [0, 0.1) is 5.82 Å². The average molecular weight is 500 g/mol. The van der Waals surface area contributed by atoms with Crippen molar-refractivity contribution in [3.05, 3.63) is 92.9 Å². The smallest absolute Gasteiger partial charge is 0.338 e. The number of carbonyl (C=O) groups excluding carboxylic acids is 2. The molecule has 0 aliphatic carbocycles. The van der Waals surface area contributed by atoms with Crippen molar-refractivity contribution in [2.24, 2.45) is 4.99 Å². The Morgan fingerprint density at radius 2 is 1.88 bits per heavy atom. The number of nitrogens with zero attached hydrogens (tertiary/aromatic N) is 2. The molecule has 0 fully saturated rings. The van der Waals surface area contributed by atoms with Crippen molar-refractivity contribution < 1.29 is 18.7 Å². The zero-order valence-electron chi connectivity index (χ0n) is 18.7. The van der Waals surface area contributed by atoms with Crippen molar-refractivity contribution in [2.75, 3.05) is 6.61 Å². The Morgan fingerprint density at radius 1 is 1.18 bits per heavy atom. The standard InChI is InChI=1S/C25H23ClFN3O3S/c1-3-33-24(32)22-15(2)29-25-30(23(22)17-6-8-18(26)9-7-17)20(14-34-25)12-21(31)28-13-16-4-10-19(27)11-5-16/h4-11,14,23H,3,12-13H2,1-2H3,(H,28,31). The maximum Gasteiger partial charge on any atom is 0.338 e. The molecular weight excluding hydrogens is 477 g/mol. The predicted molar refractivity (Wildman–Crippen MR) is 131 cm³/mol. The molecule has 4 rings (SSSR count). The minimum Gasteiger partial charge on any atom is -0.463 e. The van der Waals surface area contributed by atoms with Gasteiger partial charge in [0.25, 0.3) is 0 Å². The maximum atomic E-state index is 13.1. The molecule has 1 N–H and O–H groups in total. The minimum absolute atomic E-state index is 0.0897. The molecule has 176 valence electrons. The summed E-state index contributed by atoms with van der Waals surface area (Å²) in [6, 6.07) is 12.7. The molecule has 2 heterocycles. The van der Waals surface area contributed by atoms with Crippen LogP contribution < -0.4 is 5.32 Å². The topological polar surface area (TPSA) is 71.0 Å². The van der Waals surface area contributed by atoms with E-state index in [0.717, 1.165) is 16.8 Å². The molecule has 1 amide bonds. The van der Waals surface area contributed by atoms with Gasteiger partial charge in [0.2, 0.25) is 5.91 Å². The fraction of sp³-hybridized carbons (Fsp3) is 0.240. The Labute approximate surface area is 206 Å². The van der Waals surface area contributed by atoms with Crippen LogP contribution in [0.3, 0.4) is 0 Å². The van der Waals surface area contributed by atoms with Crippen molar-refractivity contribution in [3.8, 4) is 0 Å². The molecule has 1 atom stereocenters. The lowest BCUT2D eigenvalue weighted by atomic mass is 9.94. The lowest BCUT2D eigenvalue weighted by molar-refractivity contribution is -0.139. The summed E-state index contributed by atoms with van der Waals surface area (Å²) in [7, 11) is 0. The summed E-state index contributed by atoms with van der Waals surface area (Å²) >= 11 is 7.51. The van der Waals surface area contributed by atoms with Gasteiger partial charge in [-0.3, -0.25) is 4.79 Å². The normalized spacial score (nSPS) is 17.2. The second-order valence-electron chi connectivity index (χ2n) is 7.75. The van der Waals surface area contributed by atoms with E-state index in [0.29, 0.717) is 21.5 Å². The first kappa shape index (κ1) is 24.0. The van der Waals surface area contributed by atoms with Gasteiger partial charge in [0.1, 0.15) is 5.82 Å². The summed E-state index contributed by atoms with van der Waals surface area (Å²) in [6.07, 6.45) is 0.0897. The summed E-state index contributed by atoms with van der Waals surface area (Å²) in [5.74, 6) is -0.967. The molecule has 0 bridgehead atoms. The number of ether oxygens (including phenoxy) is 1. The molecule has 0 radical (unpaired) electrons. The molecule has 2 aliphatic rings. The fourth-order valence-electron chi connectivity index (χ4n) is 3.83. The fourth-order valence-corrected chi connectivity index (χ4v) is 4.92. The maximum absolute atomic E-state index is 13.1. The third-order valence-electron chi connectivity index (χ3n) is 5.43. The highest BCUT2D eigenvalue weighted by Gasteiger charge is 2.41. The van der Waals surface area contributed by atoms with E-state index in [1.54, 1.807) is 38.1 Å². The first-order valence-electron chi connectivity index (χ1n) is 10.8. The largest absolute Gasteiger partial charge is 0.463 e. The van der Waals surface area contributed by atoms with E-state index in [1.165, 1.54) is 23.9 Å². The number of benzene rings is 2. The van der Waals surface area contributed by atoms with E-state index in [9.17, 15) is 14.0 Å². The van der Waals surface area contributed by atoms with Gasteiger partial charge in [0.05, 0.1) is 30.3 Å². The zero-order chi connectivity index (χ0) is 24.2. The van der Waals surface area contributed by atoms with Gasteiger partial charge in [-0.15, -0.1) is 0 Å². The molecule has 6 nitrogen and oxygen atoms in total. The van der Waals surface area contributed by atoms with Crippen LogP contribution in [-0.2, 0) is 20.9 Å². The molecule has 34 heavy (non-hydrogen) atoms. The van der Waals surface area contributed by atoms with Gasteiger partial charge in [0.15, 0.2) is 5.17 Å². The van der Waals surface area contributed by atoms with Crippen molar-refractivity contribution in [3.63, 3.8) is 0 Å². The van der Waals surface area contributed by atoms with Crippen LogP contribution in [0.2, 0.25) is 5.02 Å². The SMILES string of the molecule is CCOC(=O)C1=C(C)N=C2SC=C(CC(=O)NCc3ccc(F)cc3)N2C1c1ccc(Cl)cc1. The molecule has 2 aromatic carbocycles. The summed E-state index contributed by atoms with van der Waals surface area (Å²) in [4.78, 5) is 32.2. The van der Waals surface area contributed by atoms with E-state index >= 15 is 0 Å².